The number of fused-ring (bicyclic) bond motifs is 3. The Labute approximate surface area is 259 Å². The van der Waals surface area contributed by atoms with Crippen molar-refractivity contribution in [2.24, 2.45) is 0 Å². The fourth-order valence-corrected chi connectivity index (χ4v) is 6.10. The van der Waals surface area contributed by atoms with Gasteiger partial charge in [0.05, 0.1) is 22.8 Å². The van der Waals surface area contributed by atoms with Gasteiger partial charge in [0, 0.05) is 42.0 Å². The van der Waals surface area contributed by atoms with Crippen molar-refractivity contribution in [1.82, 2.24) is 0 Å². The van der Waals surface area contributed by atoms with Gasteiger partial charge in [-0.1, -0.05) is 84.9 Å². The van der Waals surface area contributed by atoms with Crippen LogP contribution in [0.15, 0.2) is 84.9 Å². The van der Waals surface area contributed by atoms with Crippen LogP contribution in [-0.2, 0) is 25.3 Å². The minimum atomic E-state index is -1.59. The van der Waals surface area contributed by atoms with Gasteiger partial charge in [-0.25, -0.2) is 0 Å². The molecule has 0 radical (unpaired) electrons. The number of ether oxygens (including phenoxy) is 1. The summed E-state index contributed by atoms with van der Waals surface area (Å²) in [5.41, 5.74) is -1.50. The fraction of sp³-hybridized carbons (Fsp3) is 0.182. The molecule has 0 heterocycles. The molecule has 4 aromatic carbocycles. The van der Waals surface area contributed by atoms with E-state index < -0.39 is 61.6 Å². The molecule has 0 aliphatic heterocycles. The van der Waals surface area contributed by atoms with Crippen LogP contribution in [0.2, 0.25) is 0 Å². The van der Waals surface area contributed by atoms with Crippen LogP contribution < -0.4 is 10.9 Å². The second kappa shape index (κ2) is 12.0. The third kappa shape index (κ3) is 5.53. The molecule has 2 atom stereocenters. The highest BCUT2D eigenvalue weighted by molar-refractivity contribution is 6.60. The monoisotopic (exact) mass is 606 g/mol. The summed E-state index contributed by atoms with van der Waals surface area (Å²) in [6.45, 7) is 0.784. The molecule has 12 heteroatoms. The van der Waals surface area contributed by atoms with E-state index >= 15 is 0 Å². The Morgan fingerprint density at radius 3 is 1.87 bits per heavy atom. The molecule has 10 nitrogen and oxygen atoms in total. The molecule has 226 valence electrons. The zero-order valence-corrected chi connectivity index (χ0v) is 24.2. The number of phenolic OH excluding ortho intramolecular Hbond substituents is 2. The van der Waals surface area contributed by atoms with Gasteiger partial charge < -0.3 is 34.3 Å². The van der Waals surface area contributed by atoms with Gasteiger partial charge in [0.25, 0.3) is 0 Å². The van der Waals surface area contributed by atoms with Crippen molar-refractivity contribution >= 4 is 42.7 Å². The van der Waals surface area contributed by atoms with Crippen molar-refractivity contribution in [3.8, 4) is 11.5 Å². The summed E-state index contributed by atoms with van der Waals surface area (Å²) < 4.78 is 17.7. The summed E-state index contributed by atoms with van der Waals surface area (Å²) >= 11 is 0. The maximum absolute atomic E-state index is 13.7. The third-order valence-corrected chi connectivity index (χ3v) is 8.20. The maximum atomic E-state index is 13.7. The van der Waals surface area contributed by atoms with Crippen molar-refractivity contribution in [2.75, 3.05) is 6.61 Å². The third-order valence-electron chi connectivity index (χ3n) is 8.20. The SMILES string of the molecule is CC(=O)OC[C@]1(OB(O)c2ccccc2)Cc2c(O)c3c(c(O)c2[C@@H](OB(O)c2ccccc2)C1)C(=O)c1ccccc1C3=O. The van der Waals surface area contributed by atoms with Crippen molar-refractivity contribution < 1.29 is 48.7 Å². The molecule has 2 aliphatic rings. The molecule has 0 unspecified atom stereocenters. The van der Waals surface area contributed by atoms with Crippen LogP contribution >= 0.6 is 0 Å². The molecule has 0 aromatic heterocycles. The number of phenols is 2. The average Bonchev–Trinajstić information content (AvgIpc) is 3.05. The molecule has 0 amide bonds. The van der Waals surface area contributed by atoms with Crippen LogP contribution in [0.3, 0.4) is 0 Å². The minimum absolute atomic E-state index is 0.0179. The first-order valence-corrected chi connectivity index (χ1v) is 14.3. The van der Waals surface area contributed by atoms with E-state index in [4.69, 9.17) is 14.0 Å². The number of benzene rings is 4. The van der Waals surface area contributed by atoms with Crippen molar-refractivity contribution in [2.45, 2.75) is 31.5 Å². The molecule has 4 aromatic rings. The Hall–Kier alpha value is -4.74. The minimum Gasteiger partial charge on any atom is -0.507 e. The van der Waals surface area contributed by atoms with Crippen molar-refractivity contribution in [1.29, 1.82) is 0 Å². The first-order valence-electron chi connectivity index (χ1n) is 14.3. The number of carbonyl (C=O) groups excluding carboxylic acids is 3. The summed E-state index contributed by atoms with van der Waals surface area (Å²) in [6, 6.07) is 22.9. The predicted molar refractivity (Wildman–Crippen MR) is 164 cm³/mol. The largest absolute Gasteiger partial charge is 0.507 e. The van der Waals surface area contributed by atoms with Gasteiger partial charge in [-0.05, 0) is 10.9 Å². The Balaban J connectivity index is 1.53. The van der Waals surface area contributed by atoms with Crippen LogP contribution in [0.25, 0.3) is 0 Å². The second-order valence-corrected chi connectivity index (χ2v) is 11.2. The van der Waals surface area contributed by atoms with E-state index in [0.717, 1.165) is 0 Å². The normalized spacial score (nSPS) is 18.4. The zero-order valence-electron chi connectivity index (χ0n) is 24.2. The number of carbonyl (C=O) groups is 3. The van der Waals surface area contributed by atoms with Crippen molar-refractivity contribution in [3.63, 3.8) is 0 Å². The number of rotatable bonds is 8. The molecule has 0 saturated heterocycles. The van der Waals surface area contributed by atoms with E-state index in [9.17, 15) is 34.6 Å². The van der Waals surface area contributed by atoms with E-state index in [-0.39, 0.29) is 46.2 Å². The predicted octanol–water partition coefficient (Wildman–Crippen LogP) is 1.97. The summed E-state index contributed by atoms with van der Waals surface area (Å²) in [5, 5.41) is 45.7. The van der Waals surface area contributed by atoms with Crippen molar-refractivity contribution in [3.05, 3.63) is 118 Å². The number of hydrogen-bond donors (Lipinski definition) is 4. The molecule has 4 N–H and O–H groups in total. The number of hydrogen-bond acceptors (Lipinski definition) is 10. The lowest BCUT2D eigenvalue weighted by atomic mass is 9.70. The Bertz CT molecular complexity index is 1800. The van der Waals surface area contributed by atoms with Crippen LogP contribution in [0, 0.1) is 0 Å². The molecule has 0 spiro atoms. The van der Waals surface area contributed by atoms with Gasteiger partial charge in [-0.3, -0.25) is 14.4 Å². The zero-order chi connectivity index (χ0) is 31.9. The van der Waals surface area contributed by atoms with Gasteiger partial charge in [-0.15, -0.1) is 0 Å². The second-order valence-electron chi connectivity index (χ2n) is 11.2. The van der Waals surface area contributed by atoms with Gasteiger partial charge in [-0.2, -0.15) is 0 Å². The Morgan fingerprint density at radius 2 is 1.31 bits per heavy atom. The van der Waals surface area contributed by atoms with Crippen LogP contribution in [-0.4, -0.2) is 64.2 Å². The van der Waals surface area contributed by atoms with E-state index in [1.807, 2.05) is 0 Å². The van der Waals surface area contributed by atoms with Gasteiger partial charge in [0.2, 0.25) is 0 Å². The highest BCUT2D eigenvalue weighted by atomic mass is 16.6. The maximum Gasteiger partial charge on any atom is 0.491 e. The number of aromatic hydroxyl groups is 2. The molecule has 0 saturated carbocycles. The standard InChI is InChI=1S/C33H28B2O10/c1-19(36)43-18-33(45-35(42)21-12-6-3-7-13-21)16-24-26(25(17-33)44-34(41)20-10-4-2-5-11-20)32(40)28-27(31(24)39)29(37)22-14-8-9-15-23(22)30(28)38/h2-15,25,39-42H,16-18H2,1H3/t25-,33-/m0/s1. The summed E-state index contributed by atoms with van der Waals surface area (Å²) in [7, 11) is -3.06. The van der Waals surface area contributed by atoms with Crippen LogP contribution in [0.1, 0.15) is 62.4 Å². The van der Waals surface area contributed by atoms with Gasteiger partial charge in [0.15, 0.2) is 11.6 Å². The van der Waals surface area contributed by atoms with Crippen LogP contribution in [0.5, 0.6) is 11.5 Å². The Morgan fingerprint density at radius 1 is 0.800 bits per heavy atom. The van der Waals surface area contributed by atoms with E-state index in [0.29, 0.717) is 10.9 Å². The molecule has 6 rings (SSSR count). The van der Waals surface area contributed by atoms with E-state index in [1.54, 1.807) is 72.8 Å². The lowest BCUT2D eigenvalue weighted by Gasteiger charge is -2.43. The highest BCUT2D eigenvalue weighted by Crippen LogP contribution is 2.52. The van der Waals surface area contributed by atoms with Gasteiger partial charge >= 0.3 is 20.2 Å². The highest BCUT2D eigenvalue weighted by Gasteiger charge is 2.49. The fourth-order valence-electron chi connectivity index (χ4n) is 6.10. The summed E-state index contributed by atoms with van der Waals surface area (Å²) in [5.74, 6) is -3.14. The molecule has 2 aliphatic carbocycles. The number of ketones is 2. The summed E-state index contributed by atoms with van der Waals surface area (Å²) in [4.78, 5) is 39.3. The Kier molecular flexibility index (Phi) is 8.06. The first-order chi connectivity index (χ1) is 21.6. The molecular weight excluding hydrogens is 578 g/mol. The lowest BCUT2D eigenvalue weighted by molar-refractivity contribution is -0.150. The topological polar surface area (TPSA) is 160 Å². The van der Waals surface area contributed by atoms with Gasteiger partial charge in [0.1, 0.15) is 18.1 Å². The number of esters is 1. The molecular formula is C33H28B2O10. The van der Waals surface area contributed by atoms with Crippen LogP contribution in [0.4, 0.5) is 0 Å². The molecule has 45 heavy (non-hydrogen) atoms. The summed E-state index contributed by atoms with van der Waals surface area (Å²) in [6.07, 6.45) is -1.75. The lowest BCUT2D eigenvalue weighted by Crippen LogP contribution is -2.53. The van der Waals surface area contributed by atoms with E-state index in [1.165, 1.54) is 19.1 Å². The molecule has 0 bridgehead atoms. The average molecular weight is 606 g/mol. The quantitative estimate of drug-likeness (QED) is 0.117. The smallest absolute Gasteiger partial charge is 0.491 e. The first kappa shape index (κ1) is 30.3. The van der Waals surface area contributed by atoms with E-state index in [2.05, 4.69) is 0 Å². The molecule has 0 fully saturated rings.